The smallest absolute Gasteiger partial charge is 0.320 e. The highest BCUT2D eigenvalue weighted by Crippen LogP contribution is 1.94. The van der Waals surface area contributed by atoms with Gasteiger partial charge in [-0.15, -0.1) is 12.4 Å². The topological polar surface area (TPSA) is 112 Å². The number of carboxylic acid groups (broad SMARTS) is 1. The number of rotatable bonds is 3. The molecule has 1 atom stereocenters. The third kappa shape index (κ3) is 4.24. The summed E-state index contributed by atoms with van der Waals surface area (Å²) in [6, 6.07) is 0.195. The Morgan fingerprint density at radius 2 is 2.20 bits per heavy atom. The van der Waals surface area contributed by atoms with E-state index >= 15 is 0 Å². The Kier molecular flexibility index (Phi) is 5.20. The number of carbonyl (C=O) groups is 1. The second kappa shape index (κ2) is 5.64. The summed E-state index contributed by atoms with van der Waals surface area (Å²) in [5, 5.41) is 8.53. The molecule has 8 heteroatoms. The van der Waals surface area contributed by atoms with Gasteiger partial charge in [0.05, 0.1) is 0 Å². The molecule has 0 saturated carbocycles. The molecule has 1 heterocycles. The monoisotopic (exact) mass is 251 g/mol. The Balaban J connectivity index is 0.00000196. The van der Waals surface area contributed by atoms with E-state index in [1.807, 2.05) is 0 Å². The van der Waals surface area contributed by atoms with Crippen molar-refractivity contribution in [1.29, 1.82) is 0 Å². The van der Waals surface area contributed by atoms with Crippen LogP contribution in [0.1, 0.15) is 5.69 Å². The molecule has 84 valence electrons. The van der Waals surface area contributed by atoms with Gasteiger partial charge in [-0.1, -0.05) is 0 Å². The first kappa shape index (κ1) is 13.8. The quantitative estimate of drug-likeness (QED) is 0.556. The zero-order chi connectivity index (χ0) is 10.7. The van der Waals surface area contributed by atoms with Gasteiger partial charge in [-0.25, -0.2) is 0 Å². The normalized spacial score (nSPS) is 11.5. The summed E-state index contributed by atoms with van der Waals surface area (Å²) in [5.41, 5.74) is 5.32. The number of aromatic amines is 2. The molecule has 1 unspecified atom stereocenters. The molecule has 0 radical (unpaired) electrons. The standard InChI is InChI=1S/C7H9N3O3S.ClH/c8-4(6(12)13)1-3-2-5(11)10-7(14)9-3;/h2,4H,1,8H2,(H,12,13)(H2,9,10,11,14);1H. The molecular formula is C7H10ClN3O3S. The van der Waals surface area contributed by atoms with Crippen molar-refractivity contribution in [2.45, 2.75) is 12.5 Å². The summed E-state index contributed by atoms with van der Waals surface area (Å²) >= 11 is 4.71. The van der Waals surface area contributed by atoms with Crippen molar-refractivity contribution in [2.75, 3.05) is 0 Å². The lowest BCUT2D eigenvalue weighted by Crippen LogP contribution is -2.33. The van der Waals surface area contributed by atoms with Crippen molar-refractivity contribution in [2.24, 2.45) is 5.73 Å². The summed E-state index contributed by atoms with van der Waals surface area (Å²) in [5.74, 6) is -1.12. The maximum Gasteiger partial charge on any atom is 0.320 e. The van der Waals surface area contributed by atoms with Gasteiger partial charge in [0.1, 0.15) is 6.04 Å². The van der Waals surface area contributed by atoms with Crippen molar-refractivity contribution in [3.05, 3.63) is 26.9 Å². The van der Waals surface area contributed by atoms with Gasteiger partial charge in [-0.3, -0.25) is 14.6 Å². The summed E-state index contributed by atoms with van der Waals surface area (Å²) in [7, 11) is 0. The number of hydrogen-bond donors (Lipinski definition) is 4. The van der Waals surface area contributed by atoms with Crippen LogP contribution in [0.2, 0.25) is 0 Å². The number of aliphatic carboxylic acids is 1. The molecule has 1 rings (SSSR count). The fraction of sp³-hybridized carbons (Fsp3) is 0.286. The molecule has 0 aliphatic heterocycles. The van der Waals surface area contributed by atoms with E-state index in [-0.39, 0.29) is 29.2 Å². The summed E-state index contributed by atoms with van der Waals surface area (Å²) < 4.78 is 0.157. The van der Waals surface area contributed by atoms with Crippen LogP contribution in [0.4, 0.5) is 0 Å². The Bertz CT molecular complexity index is 427. The van der Waals surface area contributed by atoms with Crippen LogP contribution in [0, 0.1) is 4.77 Å². The molecular weight excluding hydrogens is 242 g/mol. The van der Waals surface area contributed by atoms with Crippen molar-refractivity contribution in [1.82, 2.24) is 9.97 Å². The van der Waals surface area contributed by atoms with Crippen molar-refractivity contribution < 1.29 is 9.90 Å². The number of hydrogen-bond acceptors (Lipinski definition) is 4. The number of nitrogens with two attached hydrogens (primary N) is 1. The molecule has 5 N–H and O–H groups in total. The third-order valence-electron chi connectivity index (χ3n) is 1.57. The molecule has 0 spiro atoms. The first-order valence-corrected chi connectivity index (χ1v) is 4.21. The minimum absolute atomic E-state index is 0. The first-order valence-electron chi connectivity index (χ1n) is 3.80. The average molecular weight is 252 g/mol. The molecule has 0 aliphatic rings. The van der Waals surface area contributed by atoms with Crippen molar-refractivity contribution >= 4 is 30.6 Å². The molecule has 0 amide bonds. The predicted molar refractivity (Wildman–Crippen MR) is 58.8 cm³/mol. The van der Waals surface area contributed by atoms with Crippen molar-refractivity contribution in [3.63, 3.8) is 0 Å². The van der Waals surface area contributed by atoms with E-state index in [4.69, 9.17) is 23.1 Å². The number of aromatic nitrogens is 2. The average Bonchev–Trinajstić information content (AvgIpc) is 2.01. The Morgan fingerprint density at radius 1 is 1.60 bits per heavy atom. The van der Waals surface area contributed by atoms with E-state index in [1.54, 1.807) is 0 Å². The van der Waals surface area contributed by atoms with Crippen LogP contribution in [0.25, 0.3) is 0 Å². The first-order chi connectivity index (χ1) is 6.49. The molecule has 0 aliphatic carbocycles. The number of halogens is 1. The highest BCUT2D eigenvalue weighted by Gasteiger charge is 2.12. The minimum atomic E-state index is -1.12. The summed E-state index contributed by atoms with van der Waals surface area (Å²) in [4.78, 5) is 26.3. The van der Waals surface area contributed by atoms with E-state index in [9.17, 15) is 9.59 Å². The fourth-order valence-electron chi connectivity index (χ4n) is 0.954. The van der Waals surface area contributed by atoms with Crippen LogP contribution in [0.5, 0.6) is 0 Å². The van der Waals surface area contributed by atoms with E-state index in [2.05, 4.69) is 9.97 Å². The maximum atomic E-state index is 10.9. The second-order valence-corrected chi connectivity index (χ2v) is 3.17. The van der Waals surface area contributed by atoms with Crippen LogP contribution in [0.3, 0.4) is 0 Å². The molecule has 1 aromatic rings. The Hall–Kier alpha value is -1.18. The molecule has 15 heavy (non-hydrogen) atoms. The molecule has 0 fully saturated rings. The van der Waals surface area contributed by atoms with Crippen LogP contribution >= 0.6 is 24.6 Å². The van der Waals surface area contributed by atoms with Gasteiger partial charge in [0, 0.05) is 18.2 Å². The van der Waals surface area contributed by atoms with E-state index in [0.717, 1.165) is 0 Å². The van der Waals surface area contributed by atoms with Gasteiger partial charge in [-0.2, -0.15) is 0 Å². The lowest BCUT2D eigenvalue weighted by molar-refractivity contribution is -0.138. The highest BCUT2D eigenvalue weighted by atomic mass is 35.5. The maximum absolute atomic E-state index is 10.9. The van der Waals surface area contributed by atoms with Crippen LogP contribution in [-0.4, -0.2) is 27.1 Å². The SMILES string of the molecule is Cl.NC(Cc1cc(=O)[nH]c(=S)[nH]1)C(=O)O. The molecule has 1 aromatic heterocycles. The zero-order valence-corrected chi connectivity index (χ0v) is 9.15. The minimum Gasteiger partial charge on any atom is -0.480 e. The fourth-order valence-corrected chi connectivity index (χ4v) is 1.19. The molecule has 0 saturated heterocycles. The highest BCUT2D eigenvalue weighted by molar-refractivity contribution is 7.71. The largest absolute Gasteiger partial charge is 0.480 e. The van der Waals surface area contributed by atoms with Crippen molar-refractivity contribution in [3.8, 4) is 0 Å². The number of carboxylic acids is 1. The van der Waals surface area contributed by atoms with Gasteiger partial charge < -0.3 is 15.8 Å². The van der Waals surface area contributed by atoms with Gasteiger partial charge in [0.25, 0.3) is 5.56 Å². The van der Waals surface area contributed by atoms with Gasteiger partial charge in [0.2, 0.25) is 0 Å². The van der Waals surface area contributed by atoms with Gasteiger partial charge in [-0.05, 0) is 12.2 Å². The molecule has 0 bridgehead atoms. The van der Waals surface area contributed by atoms with Crippen LogP contribution in [0.15, 0.2) is 10.9 Å². The summed E-state index contributed by atoms with van der Waals surface area (Å²) in [6.45, 7) is 0. The second-order valence-electron chi connectivity index (χ2n) is 2.76. The molecule has 6 nitrogen and oxygen atoms in total. The van der Waals surface area contributed by atoms with E-state index in [0.29, 0.717) is 5.69 Å². The lowest BCUT2D eigenvalue weighted by Gasteiger charge is -2.05. The predicted octanol–water partition coefficient (Wildman–Crippen LogP) is -0.191. The Morgan fingerprint density at radius 3 is 2.67 bits per heavy atom. The van der Waals surface area contributed by atoms with E-state index < -0.39 is 12.0 Å². The molecule has 0 aromatic carbocycles. The van der Waals surface area contributed by atoms with Crippen LogP contribution < -0.4 is 11.3 Å². The zero-order valence-electron chi connectivity index (χ0n) is 7.52. The van der Waals surface area contributed by atoms with Gasteiger partial charge in [0.15, 0.2) is 4.77 Å². The van der Waals surface area contributed by atoms with Crippen LogP contribution in [-0.2, 0) is 11.2 Å². The lowest BCUT2D eigenvalue weighted by atomic mass is 10.2. The Labute approximate surface area is 95.9 Å². The van der Waals surface area contributed by atoms with Gasteiger partial charge >= 0.3 is 5.97 Å². The number of H-pyrrole nitrogens is 2. The third-order valence-corrected chi connectivity index (χ3v) is 1.78. The number of nitrogens with one attached hydrogen (secondary N) is 2. The summed E-state index contributed by atoms with van der Waals surface area (Å²) in [6.07, 6.45) is 0.0445. The van der Waals surface area contributed by atoms with E-state index in [1.165, 1.54) is 6.07 Å².